The third kappa shape index (κ3) is 4.00. The van der Waals surface area contributed by atoms with Gasteiger partial charge in [-0.3, -0.25) is 9.79 Å². The van der Waals surface area contributed by atoms with Gasteiger partial charge in [0.2, 0.25) is 5.91 Å². The molecule has 1 aromatic rings. The first kappa shape index (κ1) is 16.3. The maximum absolute atomic E-state index is 11.9. The van der Waals surface area contributed by atoms with Crippen molar-refractivity contribution in [1.29, 1.82) is 0 Å². The lowest BCUT2D eigenvalue weighted by Crippen LogP contribution is -2.39. The van der Waals surface area contributed by atoms with Crippen molar-refractivity contribution in [2.24, 2.45) is 16.1 Å². The second kappa shape index (κ2) is 6.81. The van der Waals surface area contributed by atoms with E-state index in [0.29, 0.717) is 19.0 Å². The lowest BCUT2D eigenvalue weighted by atomic mass is 9.92. The van der Waals surface area contributed by atoms with Crippen molar-refractivity contribution in [2.45, 2.75) is 40.0 Å². The number of hydrogen-bond acceptors (Lipinski definition) is 2. The predicted octanol–water partition coefficient (Wildman–Crippen LogP) is 2.06. The van der Waals surface area contributed by atoms with Crippen LogP contribution in [-0.4, -0.2) is 25.0 Å². The van der Waals surface area contributed by atoms with Gasteiger partial charge in [0.1, 0.15) is 0 Å². The molecular formula is C17H26N4O. The molecule has 22 heavy (non-hydrogen) atoms. The fraction of sp³-hybridized carbons (Fsp3) is 0.529. The summed E-state index contributed by atoms with van der Waals surface area (Å²) in [5.74, 6) is 0.333. The molecule has 1 aliphatic rings. The number of carbonyl (C=O) groups is 1. The molecule has 1 amide bonds. The van der Waals surface area contributed by atoms with E-state index in [-0.39, 0.29) is 5.91 Å². The third-order valence-corrected chi connectivity index (χ3v) is 3.97. The van der Waals surface area contributed by atoms with Crippen molar-refractivity contribution in [2.75, 3.05) is 18.4 Å². The van der Waals surface area contributed by atoms with Crippen molar-refractivity contribution in [3.8, 4) is 0 Å². The number of fused-ring (bicyclic) bond motifs is 1. The summed E-state index contributed by atoms with van der Waals surface area (Å²) >= 11 is 0. The van der Waals surface area contributed by atoms with E-state index in [2.05, 4.69) is 27.8 Å². The van der Waals surface area contributed by atoms with E-state index >= 15 is 0 Å². The van der Waals surface area contributed by atoms with Gasteiger partial charge in [0, 0.05) is 12.2 Å². The standard InChI is InChI=1S/C17H26N4O/c1-4-19-15(22)17(2,3)11-20-16(18)21-14-9-8-12-6-5-7-13(12)10-14/h8-10H,4-7,11H2,1-3H3,(H,19,22)(H3,18,20,21). The van der Waals surface area contributed by atoms with Gasteiger partial charge in [-0.1, -0.05) is 6.07 Å². The van der Waals surface area contributed by atoms with E-state index in [9.17, 15) is 4.79 Å². The average molecular weight is 302 g/mol. The second-order valence-corrected chi connectivity index (χ2v) is 6.41. The normalized spacial score (nSPS) is 14.6. The second-order valence-electron chi connectivity index (χ2n) is 6.41. The molecule has 5 heteroatoms. The summed E-state index contributed by atoms with van der Waals surface area (Å²) in [5, 5.41) is 5.93. The Morgan fingerprint density at radius 1 is 1.32 bits per heavy atom. The molecule has 0 spiro atoms. The number of rotatable bonds is 5. The Labute approximate surface area is 132 Å². The van der Waals surface area contributed by atoms with Crippen molar-refractivity contribution in [3.63, 3.8) is 0 Å². The van der Waals surface area contributed by atoms with Crippen molar-refractivity contribution in [1.82, 2.24) is 5.32 Å². The summed E-state index contributed by atoms with van der Waals surface area (Å²) in [6, 6.07) is 6.32. The topological polar surface area (TPSA) is 79.5 Å². The number of benzene rings is 1. The molecule has 0 aromatic heterocycles. The molecule has 0 heterocycles. The van der Waals surface area contributed by atoms with Crippen molar-refractivity contribution in [3.05, 3.63) is 29.3 Å². The zero-order valence-electron chi connectivity index (χ0n) is 13.7. The summed E-state index contributed by atoms with van der Waals surface area (Å²) in [6.45, 7) is 6.60. The largest absolute Gasteiger partial charge is 0.370 e. The summed E-state index contributed by atoms with van der Waals surface area (Å²) in [4.78, 5) is 16.2. The highest BCUT2D eigenvalue weighted by molar-refractivity contribution is 5.92. The van der Waals surface area contributed by atoms with Crippen molar-refractivity contribution < 1.29 is 4.79 Å². The Bertz CT molecular complexity index is 578. The molecular weight excluding hydrogens is 276 g/mol. The van der Waals surface area contributed by atoms with Crippen LogP contribution in [0.2, 0.25) is 0 Å². The molecule has 0 saturated carbocycles. The van der Waals surface area contributed by atoms with Crippen LogP contribution in [0.5, 0.6) is 0 Å². The number of aliphatic imine (C=N–C) groups is 1. The van der Waals surface area contributed by atoms with E-state index in [4.69, 9.17) is 5.73 Å². The monoisotopic (exact) mass is 302 g/mol. The Morgan fingerprint density at radius 3 is 2.77 bits per heavy atom. The van der Waals surface area contributed by atoms with Gasteiger partial charge >= 0.3 is 0 Å². The molecule has 0 unspecified atom stereocenters. The molecule has 2 rings (SSSR count). The predicted molar refractivity (Wildman–Crippen MR) is 91.0 cm³/mol. The van der Waals surface area contributed by atoms with Crippen LogP contribution in [0.25, 0.3) is 0 Å². The van der Waals surface area contributed by atoms with E-state index in [1.807, 2.05) is 26.8 Å². The van der Waals surface area contributed by atoms with Gasteiger partial charge in [-0.15, -0.1) is 0 Å². The Balaban J connectivity index is 1.96. The number of carbonyl (C=O) groups excluding carboxylic acids is 1. The summed E-state index contributed by atoms with van der Waals surface area (Å²) in [7, 11) is 0. The van der Waals surface area contributed by atoms with Gasteiger partial charge in [0.05, 0.1) is 12.0 Å². The summed E-state index contributed by atoms with van der Waals surface area (Å²) < 4.78 is 0. The Kier molecular flexibility index (Phi) is 5.06. The van der Waals surface area contributed by atoms with Crippen LogP contribution in [0.1, 0.15) is 38.3 Å². The van der Waals surface area contributed by atoms with Gasteiger partial charge in [0.25, 0.3) is 0 Å². The number of nitrogens with two attached hydrogens (primary N) is 1. The Hall–Kier alpha value is -2.04. The zero-order chi connectivity index (χ0) is 16.2. The highest BCUT2D eigenvalue weighted by Gasteiger charge is 2.26. The molecule has 5 nitrogen and oxygen atoms in total. The first-order valence-electron chi connectivity index (χ1n) is 7.89. The number of hydrogen-bond donors (Lipinski definition) is 3. The molecule has 1 aromatic carbocycles. The number of anilines is 1. The minimum Gasteiger partial charge on any atom is -0.370 e. The van der Waals surface area contributed by atoms with Gasteiger partial charge in [-0.2, -0.15) is 0 Å². The number of guanidine groups is 1. The van der Waals surface area contributed by atoms with Gasteiger partial charge in [0.15, 0.2) is 5.96 Å². The van der Waals surface area contributed by atoms with Gasteiger partial charge < -0.3 is 16.4 Å². The minimum absolute atomic E-state index is 0.0101. The third-order valence-electron chi connectivity index (χ3n) is 3.97. The first-order valence-corrected chi connectivity index (χ1v) is 7.89. The van der Waals surface area contributed by atoms with Gasteiger partial charge in [-0.25, -0.2) is 0 Å². The summed E-state index contributed by atoms with van der Waals surface area (Å²) in [6.07, 6.45) is 3.52. The fourth-order valence-electron chi connectivity index (χ4n) is 2.59. The molecule has 0 atom stereocenters. The quantitative estimate of drug-likeness (QED) is 0.575. The maximum atomic E-state index is 11.9. The number of amides is 1. The average Bonchev–Trinajstić information content (AvgIpc) is 2.93. The molecule has 0 aliphatic heterocycles. The zero-order valence-corrected chi connectivity index (χ0v) is 13.7. The maximum Gasteiger partial charge on any atom is 0.227 e. The number of nitrogens with zero attached hydrogens (tertiary/aromatic N) is 1. The van der Waals surface area contributed by atoms with Crippen LogP contribution >= 0.6 is 0 Å². The molecule has 0 saturated heterocycles. The number of nitrogens with one attached hydrogen (secondary N) is 2. The lowest BCUT2D eigenvalue weighted by molar-refractivity contribution is -0.128. The fourth-order valence-corrected chi connectivity index (χ4v) is 2.59. The molecule has 4 N–H and O–H groups in total. The van der Waals surface area contributed by atoms with Crippen LogP contribution in [0.15, 0.2) is 23.2 Å². The summed E-state index contributed by atoms with van der Waals surface area (Å²) in [5.41, 5.74) is 9.14. The molecule has 0 fully saturated rings. The molecule has 120 valence electrons. The van der Waals surface area contributed by atoms with E-state index in [0.717, 1.165) is 12.1 Å². The molecule has 0 radical (unpaired) electrons. The lowest BCUT2D eigenvalue weighted by Gasteiger charge is -2.21. The van der Waals surface area contributed by atoms with Crippen molar-refractivity contribution >= 4 is 17.6 Å². The van der Waals surface area contributed by atoms with E-state index in [1.165, 1.54) is 24.0 Å². The van der Waals surface area contributed by atoms with Crippen LogP contribution in [0.3, 0.4) is 0 Å². The van der Waals surface area contributed by atoms with Gasteiger partial charge in [-0.05, 0) is 63.3 Å². The number of aryl methyl sites for hydroxylation is 2. The first-order chi connectivity index (χ1) is 10.4. The highest BCUT2D eigenvalue weighted by atomic mass is 16.2. The van der Waals surface area contributed by atoms with Crippen LogP contribution < -0.4 is 16.4 Å². The van der Waals surface area contributed by atoms with E-state index < -0.39 is 5.41 Å². The Morgan fingerprint density at radius 2 is 2.05 bits per heavy atom. The van der Waals surface area contributed by atoms with Crippen LogP contribution in [0.4, 0.5) is 5.69 Å². The van der Waals surface area contributed by atoms with Crippen LogP contribution in [0, 0.1) is 5.41 Å². The van der Waals surface area contributed by atoms with E-state index in [1.54, 1.807) is 0 Å². The van der Waals surface area contributed by atoms with Crippen LogP contribution in [-0.2, 0) is 17.6 Å². The molecule has 0 bridgehead atoms. The molecule has 1 aliphatic carbocycles. The highest BCUT2D eigenvalue weighted by Crippen LogP contribution is 2.24. The minimum atomic E-state index is -0.569. The smallest absolute Gasteiger partial charge is 0.227 e. The SMILES string of the molecule is CCNC(=O)C(C)(C)CN=C(N)Nc1ccc2c(c1)CCC2.